The van der Waals surface area contributed by atoms with Crippen molar-refractivity contribution in [1.29, 1.82) is 0 Å². The zero-order valence-electron chi connectivity index (χ0n) is 6.29. The van der Waals surface area contributed by atoms with Crippen LogP contribution in [0.1, 0.15) is 19.3 Å². The third kappa shape index (κ3) is 0.891. The molecule has 56 valence electrons. The lowest BCUT2D eigenvalue weighted by Gasteiger charge is -2.15. The van der Waals surface area contributed by atoms with Crippen molar-refractivity contribution in [2.75, 3.05) is 6.54 Å². The van der Waals surface area contributed by atoms with Crippen molar-refractivity contribution < 1.29 is 0 Å². The van der Waals surface area contributed by atoms with Crippen LogP contribution in [0.25, 0.3) is 0 Å². The molecule has 0 aromatic carbocycles. The van der Waals surface area contributed by atoms with Crippen LogP contribution in [0.2, 0.25) is 0 Å². The Labute approximate surface area is 62.3 Å². The first-order valence-electron chi connectivity index (χ1n) is 4.28. The highest BCUT2D eigenvalue weighted by Crippen LogP contribution is 2.44. The van der Waals surface area contributed by atoms with Crippen LogP contribution in [-0.2, 0) is 0 Å². The van der Waals surface area contributed by atoms with E-state index in [4.69, 9.17) is 5.73 Å². The Morgan fingerprint density at radius 3 is 2.70 bits per heavy atom. The van der Waals surface area contributed by atoms with E-state index in [0.29, 0.717) is 0 Å². The number of allylic oxidation sites excluding steroid dienone is 2. The van der Waals surface area contributed by atoms with Gasteiger partial charge in [-0.05, 0) is 43.6 Å². The van der Waals surface area contributed by atoms with Crippen molar-refractivity contribution in [2.45, 2.75) is 19.3 Å². The molecule has 2 aliphatic carbocycles. The molecule has 1 nitrogen and oxygen atoms in total. The van der Waals surface area contributed by atoms with Gasteiger partial charge in [0.05, 0.1) is 0 Å². The third-order valence-corrected chi connectivity index (χ3v) is 2.95. The minimum atomic E-state index is 0.877. The minimum Gasteiger partial charge on any atom is -0.330 e. The molecule has 0 heterocycles. The molecule has 2 aliphatic rings. The largest absolute Gasteiger partial charge is 0.330 e. The number of nitrogens with two attached hydrogens (primary N) is 1. The summed E-state index contributed by atoms with van der Waals surface area (Å²) in [5, 5.41) is 0. The molecule has 3 atom stereocenters. The quantitative estimate of drug-likeness (QED) is 0.574. The van der Waals surface area contributed by atoms with E-state index in [1.807, 2.05) is 0 Å². The van der Waals surface area contributed by atoms with Gasteiger partial charge in [-0.3, -0.25) is 0 Å². The van der Waals surface area contributed by atoms with E-state index in [1.165, 1.54) is 19.3 Å². The molecule has 10 heavy (non-hydrogen) atoms. The Kier molecular flexibility index (Phi) is 1.53. The van der Waals surface area contributed by atoms with E-state index in [2.05, 4.69) is 12.2 Å². The van der Waals surface area contributed by atoms with Crippen LogP contribution < -0.4 is 5.73 Å². The predicted molar refractivity (Wildman–Crippen MR) is 42.5 cm³/mol. The normalized spacial score (nSPS) is 43.1. The van der Waals surface area contributed by atoms with Gasteiger partial charge in [0.1, 0.15) is 0 Å². The molecule has 0 amide bonds. The van der Waals surface area contributed by atoms with E-state index < -0.39 is 0 Å². The Balaban J connectivity index is 1.96. The van der Waals surface area contributed by atoms with Crippen molar-refractivity contribution in [3.8, 4) is 0 Å². The van der Waals surface area contributed by atoms with Gasteiger partial charge in [-0.2, -0.15) is 0 Å². The first-order chi connectivity index (χ1) is 4.90. The lowest BCUT2D eigenvalue weighted by atomic mass is 9.91. The molecule has 0 saturated heterocycles. The van der Waals surface area contributed by atoms with Crippen LogP contribution in [0.4, 0.5) is 0 Å². The Bertz CT molecular complexity index is 151. The monoisotopic (exact) mass is 137 g/mol. The second kappa shape index (κ2) is 2.39. The SMILES string of the molecule is NCC[C@@H]1C[C@@H]2C=C[C@H]1C2. The summed E-state index contributed by atoms with van der Waals surface area (Å²) in [5.74, 6) is 2.75. The van der Waals surface area contributed by atoms with E-state index in [1.54, 1.807) is 0 Å². The van der Waals surface area contributed by atoms with Crippen molar-refractivity contribution in [2.24, 2.45) is 23.5 Å². The summed E-state index contributed by atoms with van der Waals surface area (Å²) < 4.78 is 0. The molecule has 1 saturated carbocycles. The molecule has 2 rings (SSSR count). The van der Waals surface area contributed by atoms with Crippen LogP contribution in [0.15, 0.2) is 12.2 Å². The van der Waals surface area contributed by atoms with Crippen LogP contribution in [0.5, 0.6) is 0 Å². The van der Waals surface area contributed by atoms with Crippen molar-refractivity contribution in [1.82, 2.24) is 0 Å². The summed E-state index contributed by atoms with van der Waals surface area (Å²) in [7, 11) is 0. The molecule has 0 aliphatic heterocycles. The summed E-state index contributed by atoms with van der Waals surface area (Å²) in [6, 6.07) is 0. The molecule has 1 heteroatoms. The highest BCUT2D eigenvalue weighted by atomic mass is 14.5. The van der Waals surface area contributed by atoms with Crippen molar-refractivity contribution >= 4 is 0 Å². The first kappa shape index (κ1) is 6.41. The molecule has 0 aromatic heterocycles. The second-order valence-electron chi connectivity index (χ2n) is 3.62. The molecular formula is C9H15N. The van der Waals surface area contributed by atoms with E-state index >= 15 is 0 Å². The second-order valence-corrected chi connectivity index (χ2v) is 3.62. The van der Waals surface area contributed by atoms with E-state index in [0.717, 1.165) is 24.3 Å². The first-order valence-corrected chi connectivity index (χ1v) is 4.28. The van der Waals surface area contributed by atoms with E-state index in [-0.39, 0.29) is 0 Å². The molecule has 0 aromatic rings. The molecule has 1 fully saturated rings. The highest BCUT2D eigenvalue weighted by Gasteiger charge is 2.34. The fourth-order valence-electron chi connectivity index (χ4n) is 2.44. The zero-order chi connectivity index (χ0) is 6.97. The molecule has 0 unspecified atom stereocenters. The lowest BCUT2D eigenvalue weighted by Crippen LogP contribution is -2.12. The van der Waals surface area contributed by atoms with Crippen molar-refractivity contribution in [3.05, 3.63) is 12.2 Å². The number of hydrogen-bond donors (Lipinski definition) is 1. The van der Waals surface area contributed by atoms with E-state index in [9.17, 15) is 0 Å². The third-order valence-electron chi connectivity index (χ3n) is 2.95. The average Bonchev–Trinajstić information content (AvgIpc) is 2.48. The van der Waals surface area contributed by atoms with Crippen molar-refractivity contribution in [3.63, 3.8) is 0 Å². The van der Waals surface area contributed by atoms with Gasteiger partial charge in [0.15, 0.2) is 0 Å². The molecule has 0 spiro atoms. The van der Waals surface area contributed by atoms with Crippen LogP contribution in [-0.4, -0.2) is 6.54 Å². The van der Waals surface area contributed by atoms with Crippen LogP contribution >= 0.6 is 0 Å². The number of fused-ring (bicyclic) bond motifs is 2. The molecule has 2 N–H and O–H groups in total. The Morgan fingerprint density at radius 2 is 2.20 bits per heavy atom. The van der Waals surface area contributed by atoms with Gasteiger partial charge in [0.25, 0.3) is 0 Å². The standard InChI is InChI=1S/C9H15N/c10-4-3-9-6-7-1-2-8(9)5-7/h1-2,7-9H,3-6,10H2/t7-,8+,9-/m1/s1. The smallest absolute Gasteiger partial charge is 0.00744 e. The summed E-state index contributed by atoms with van der Waals surface area (Å²) >= 11 is 0. The lowest BCUT2D eigenvalue weighted by molar-refractivity contribution is 0.422. The number of rotatable bonds is 2. The summed E-state index contributed by atoms with van der Waals surface area (Å²) in [6.07, 6.45) is 8.86. The zero-order valence-corrected chi connectivity index (χ0v) is 6.29. The Hall–Kier alpha value is -0.300. The predicted octanol–water partition coefficient (Wildman–Crippen LogP) is 1.55. The van der Waals surface area contributed by atoms with Gasteiger partial charge >= 0.3 is 0 Å². The Morgan fingerprint density at radius 1 is 1.30 bits per heavy atom. The molecule has 2 bridgehead atoms. The maximum atomic E-state index is 5.52. The fourth-order valence-corrected chi connectivity index (χ4v) is 2.44. The number of hydrogen-bond acceptors (Lipinski definition) is 1. The van der Waals surface area contributed by atoms with Crippen LogP contribution in [0.3, 0.4) is 0 Å². The maximum Gasteiger partial charge on any atom is -0.00744 e. The highest BCUT2D eigenvalue weighted by molar-refractivity contribution is 5.09. The van der Waals surface area contributed by atoms with Gasteiger partial charge in [0.2, 0.25) is 0 Å². The fraction of sp³-hybridized carbons (Fsp3) is 0.778. The summed E-state index contributed by atoms with van der Waals surface area (Å²) in [5.41, 5.74) is 5.52. The molecular weight excluding hydrogens is 122 g/mol. The maximum absolute atomic E-state index is 5.52. The van der Waals surface area contributed by atoms with Gasteiger partial charge in [-0.1, -0.05) is 12.2 Å². The summed E-state index contributed by atoms with van der Waals surface area (Å²) in [4.78, 5) is 0. The van der Waals surface area contributed by atoms with Gasteiger partial charge in [-0.15, -0.1) is 0 Å². The van der Waals surface area contributed by atoms with Gasteiger partial charge < -0.3 is 5.73 Å². The summed E-state index contributed by atoms with van der Waals surface area (Å²) in [6.45, 7) is 0.877. The van der Waals surface area contributed by atoms with Gasteiger partial charge in [-0.25, -0.2) is 0 Å². The minimum absolute atomic E-state index is 0.877. The molecule has 0 radical (unpaired) electrons. The average molecular weight is 137 g/mol. The van der Waals surface area contributed by atoms with Crippen LogP contribution in [0, 0.1) is 17.8 Å². The van der Waals surface area contributed by atoms with Gasteiger partial charge in [0, 0.05) is 0 Å². The topological polar surface area (TPSA) is 26.0 Å².